The molecule has 0 radical (unpaired) electrons. The predicted molar refractivity (Wildman–Crippen MR) is 109 cm³/mol. The molecule has 12 heteroatoms. The van der Waals surface area contributed by atoms with E-state index in [1.807, 2.05) is 0 Å². The highest BCUT2D eigenvalue weighted by Gasteiger charge is 2.31. The Morgan fingerprint density at radius 1 is 1.09 bits per heavy atom. The molecule has 2 aromatic carbocycles. The summed E-state index contributed by atoms with van der Waals surface area (Å²) in [5.41, 5.74) is 3.00. The molecule has 1 heterocycles. The van der Waals surface area contributed by atoms with Gasteiger partial charge in [0.2, 0.25) is 5.95 Å². The number of nitrogens with zero attached hydrogens (tertiary/aromatic N) is 3. The first-order chi connectivity index (χ1) is 15.1. The van der Waals surface area contributed by atoms with Crippen LogP contribution in [0.3, 0.4) is 0 Å². The van der Waals surface area contributed by atoms with Crippen molar-refractivity contribution in [3.8, 4) is 17.5 Å². The zero-order valence-corrected chi connectivity index (χ0v) is 17.2. The maximum Gasteiger partial charge on any atom is 0.416 e. The van der Waals surface area contributed by atoms with Crippen LogP contribution in [-0.4, -0.2) is 16.2 Å². The maximum absolute atomic E-state index is 14.1. The van der Waals surface area contributed by atoms with Gasteiger partial charge < -0.3 is 11.1 Å². The Morgan fingerprint density at radius 2 is 1.78 bits per heavy atom. The molecule has 0 saturated carbocycles. The molecule has 0 unspecified atom stereocenters. The lowest BCUT2D eigenvalue weighted by atomic mass is 10.1. The zero-order chi connectivity index (χ0) is 23.9. The number of anilines is 2. The van der Waals surface area contributed by atoms with Gasteiger partial charge in [-0.2, -0.15) is 30.2 Å². The van der Waals surface area contributed by atoms with Crippen LogP contribution in [0.2, 0.25) is 0 Å². The van der Waals surface area contributed by atoms with E-state index in [0.717, 1.165) is 30.5 Å². The summed E-state index contributed by atoms with van der Waals surface area (Å²) in [5.74, 6) is -2.73. The Hall–Kier alpha value is -3.46. The number of alkyl halides is 3. The summed E-state index contributed by atoms with van der Waals surface area (Å²) >= 11 is 1.35. The molecule has 32 heavy (non-hydrogen) atoms. The minimum absolute atomic E-state index is 0.0426. The van der Waals surface area contributed by atoms with Crippen LogP contribution in [0.25, 0.3) is 11.3 Å². The van der Waals surface area contributed by atoms with Crippen molar-refractivity contribution in [2.24, 2.45) is 5.73 Å². The first kappa shape index (κ1) is 24.8. The highest BCUT2D eigenvalue weighted by Crippen LogP contribution is 2.33. The predicted octanol–water partition coefficient (Wildman–Crippen LogP) is 5.61. The van der Waals surface area contributed by atoms with Crippen molar-refractivity contribution >= 4 is 23.4 Å². The molecular formula is C20H15F6N5S. The van der Waals surface area contributed by atoms with Crippen LogP contribution < -0.4 is 11.1 Å². The summed E-state index contributed by atoms with van der Waals surface area (Å²) < 4.78 is 80.6. The number of hydrogen-bond donors (Lipinski definition) is 2. The van der Waals surface area contributed by atoms with Crippen molar-refractivity contribution in [1.82, 2.24) is 9.97 Å². The molecule has 1 aromatic heterocycles. The van der Waals surface area contributed by atoms with Crippen molar-refractivity contribution in [2.75, 3.05) is 11.6 Å². The molecule has 0 amide bonds. The summed E-state index contributed by atoms with van der Waals surface area (Å²) in [5, 5.41) is 9.69. The second kappa shape index (κ2) is 10.7. The van der Waals surface area contributed by atoms with Crippen LogP contribution in [0.1, 0.15) is 11.1 Å². The van der Waals surface area contributed by atoms with Crippen molar-refractivity contribution in [3.63, 3.8) is 0 Å². The molecule has 0 aliphatic heterocycles. The molecule has 168 valence electrons. The SMILES string of the molecule is CSCc1cc(Nc2ncc(F)c(-c3ccc(F)cc3F)n2)cc(C(F)(F)F)c1.N#CN. The Balaban J connectivity index is 0.00000114. The number of nitriles is 1. The van der Waals surface area contributed by atoms with Gasteiger partial charge in [0.15, 0.2) is 12.0 Å². The van der Waals surface area contributed by atoms with Gasteiger partial charge in [-0.1, -0.05) is 0 Å². The van der Waals surface area contributed by atoms with Crippen molar-refractivity contribution in [3.05, 3.63) is 71.2 Å². The summed E-state index contributed by atoms with van der Waals surface area (Å²) in [7, 11) is 0. The number of benzene rings is 2. The minimum Gasteiger partial charge on any atom is -0.337 e. The van der Waals surface area contributed by atoms with Gasteiger partial charge in [0, 0.05) is 23.1 Å². The molecule has 0 aliphatic carbocycles. The molecule has 3 aromatic rings. The lowest BCUT2D eigenvalue weighted by Crippen LogP contribution is -2.07. The van der Waals surface area contributed by atoms with Crippen LogP contribution >= 0.6 is 11.8 Å². The van der Waals surface area contributed by atoms with E-state index in [2.05, 4.69) is 21.0 Å². The molecule has 0 bridgehead atoms. The topological polar surface area (TPSA) is 87.6 Å². The molecule has 0 spiro atoms. The van der Waals surface area contributed by atoms with Crippen molar-refractivity contribution < 1.29 is 26.3 Å². The van der Waals surface area contributed by atoms with Gasteiger partial charge in [-0.3, -0.25) is 0 Å². The quantitative estimate of drug-likeness (QED) is 0.286. The standard InChI is InChI=1S/C19H13F6N3S.CH2N2/c1-29-9-10-4-11(19(23,24)25)6-13(5-10)27-18-26-8-16(22)17(28-18)14-3-2-12(20)7-15(14)21;2-1-3/h2-8H,9H2,1H3,(H,26,27,28);2H2. The summed E-state index contributed by atoms with van der Waals surface area (Å²) in [6.45, 7) is 0. The fourth-order valence-corrected chi connectivity index (χ4v) is 3.10. The van der Waals surface area contributed by atoms with Crippen LogP contribution in [0, 0.1) is 28.9 Å². The highest BCUT2D eigenvalue weighted by atomic mass is 32.2. The molecule has 3 N–H and O–H groups in total. The van der Waals surface area contributed by atoms with Gasteiger partial charge in [-0.25, -0.2) is 23.1 Å². The number of nitrogens with two attached hydrogens (primary N) is 1. The molecule has 5 nitrogen and oxygen atoms in total. The molecule has 0 atom stereocenters. The summed E-state index contributed by atoms with van der Waals surface area (Å²) in [6, 6.07) is 5.92. The van der Waals surface area contributed by atoms with E-state index in [1.165, 1.54) is 24.0 Å². The third-order valence-corrected chi connectivity index (χ3v) is 4.44. The maximum atomic E-state index is 14.1. The largest absolute Gasteiger partial charge is 0.416 e. The van der Waals surface area contributed by atoms with E-state index in [9.17, 15) is 26.3 Å². The van der Waals surface area contributed by atoms with E-state index in [-0.39, 0.29) is 17.2 Å². The lowest BCUT2D eigenvalue weighted by Gasteiger charge is -2.13. The van der Waals surface area contributed by atoms with E-state index in [4.69, 9.17) is 5.26 Å². The van der Waals surface area contributed by atoms with Crippen LogP contribution in [0.5, 0.6) is 0 Å². The lowest BCUT2D eigenvalue weighted by molar-refractivity contribution is -0.137. The van der Waals surface area contributed by atoms with E-state index < -0.39 is 34.9 Å². The van der Waals surface area contributed by atoms with Gasteiger partial charge in [0.1, 0.15) is 17.3 Å². The van der Waals surface area contributed by atoms with E-state index in [1.54, 1.807) is 6.26 Å². The van der Waals surface area contributed by atoms with Crippen molar-refractivity contribution in [1.29, 1.82) is 5.26 Å². The van der Waals surface area contributed by atoms with E-state index in [0.29, 0.717) is 17.4 Å². The molecule has 0 saturated heterocycles. The third kappa shape index (κ3) is 6.52. The highest BCUT2D eigenvalue weighted by molar-refractivity contribution is 7.97. The van der Waals surface area contributed by atoms with Gasteiger partial charge in [0.25, 0.3) is 0 Å². The minimum atomic E-state index is -4.56. The molecule has 0 fully saturated rings. The normalized spacial score (nSPS) is 10.7. The van der Waals surface area contributed by atoms with Crippen LogP contribution in [0.15, 0.2) is 42.6 Å². The molecule has 3 rings (SSSR count). The Bertz CT molecular complexity index is 1130. The number of nitrogens with one attached hydrogen (secondary N) is 1. The monoisotopic (exact) mass is 471 g/mol. The summed E-state index contributed by atoms with van der Waals surface area (Å²) in [6.07, 6.45) is -0.805. The fraction of sp³-hybridized carbons (Fsp3) is 0.150. The number of rotatable bonds is 5. The van der Waals surface area contributed by atoms with Gasteiger partial charge in [-0.15, -0.1) is 0 Å². The number of aromatic nitrogens is 2. The average Bonchev–Trinajstić information content (AvgIpc) is 2.70. The number of halogens is 6. The van der Waals surface area contributed by atoms with Crippen LogP contribution in [-0.2, 0) is 11.9 Å². The average molecular weight is 471 g/mol. The van der Waals surface area contributed by atoms with Gasteiger partial charge >= 0.3 is 6.18 Å². The number of hydrogen-bond acceptors (Lipinski definition) is 6. The Kier molecular flexibility index (Phi) is 8.31. The van der Waals surface area contributed by atoms with Crippen molar-refractivity contribution in [2.45, 2.75) is 11.9 Å². The van der Waals surface area contributed by atoms with Gasteiger partial charge in [0.05, 0.1) is 11.8 Å². The van der Waals surface area contributed by atoms with Gasteiger partial charge in [-0.05, 0) is 42.2 Å². The second-order valence-electron chi connectivity index (χ2n) is 6.12. The zero-order valence-electron chi connectivity index (χ0n) is 16.3. The van der Waals surface area contributed by atoms with E-state index >= 15 is 0 Å². The Morgan fingerprint density at radius 3 is 2.38 bits per heavy atom. The fourth-order valence-electron chi connectivity index (χ4n) is 2.60. The number of thioether (sulfide) groups is 1. The summed E-state index contributed by atoms with van der Waals surface area (Å²) in [4.78, 5) is 7.54. The van der Waals surface area contributed by atoms with Crippen LogP contribution in [0.4, 0.5) is 38.0 Å². The third-order valence-electron chi connectivity index (χ3n) is 3.82. The smallest absolute Gasteiger partial charge is 0.337 e. The first-order valence-electron chi connectivity index (χ1n) is 8.63. The Labute approximate surface area is 183 Å². The first-order valence-corrected chi connectivity index (χ1v) is 10.0. The molecule has 0 aliphatic rings. The molecular weight excluding hydrogens is 456 g/mol. The second-order valence-corrected chi connectivity index (χ2v) is 6.98.